The molecule has 0 bridgehead atoms. The van der Waals surface area contributed by atoms with Gasteiger partial charge in [0.25, 0.3) is 0 Å². The largest absolute Gasteiger partial charge is 0.380 e. The molecule has 2 rings (SSSR count). The molecule has 0 unspecified atom stereocenters. The predicted octanol–water partition coefficient (Wildman–Crippen LogP) is 1.93. The molecule has 2 nitrogen and oxygen atoms in total. The van der Waals surface area contributed by atoms with Gasteiger partial charge in [-0.2, -0.15) is 0 Å². The van der Waals surface area contributed by atoms with Crippen molar-refractivity contribution in [3.8, 4) is 0 Å². The summed E-state index contributed by atoms with van der Waals surface area (Å²) in [5.41, 5.74) is 0.714. The molecule has 1 aliphatic heterocycles. The average Bonchev–Trinajstić information content (AvgIpc) is 2.69. The first kappa shape index (κ1) is 9.41. The molecule has 14 heavy (non-hydrogen) atoms. The maximum absolute atomic E-state index is 11.7. The van der Waals surface area contributed by atoms with Crippen LogP contribution >= 0.6 is 0 Å². The Labute approximate surface area is 83.9 Å². The summed E-state index contributed by atoms with van der Waals surface area (Å²) < 4.78 is 5.36. The smallest absolute Gasteiger partial charge is 0.142 e. The van der Waals surface area contributed by atoms with E-state index in [0.29, 0.717) is 13.2 Å². The fourth-order valence-corrected chi connectivity index (χ4v) is 2.03. The van der Waals surface area contributed by atoms with E-state index >= 15 is 0 Å². The first-order valence-electron chi connectivity index (χ1n) is 4.90. The normalized spacial score (nSPS) is 26.4. The minimum absolute atomic E-state index is 0.209. The summed E-state index contributed by atoms with van der Waals surface area (Å²) in [6.45, 7) is 2.88. The van der Waals surface area contributed by atoms with Crippen molar-refractivity contribution < 1.29 is 9.53 Å². The van der Waals surface area contributed by atoms with Crippen LogP contribution in [0, 0.1) is 0 Å². The maximum atomic E-state index is 11.7. The van der Waals surface area contributed by atoms with Gasteiger partial charge >= 0.3 is 0 Å². The number of hydrogen-bond acceptors (Lipinski definition) is 2. The summed E-state index contributed by atoms with van der Waals surface area (Å²) >= 11 is 0. The summed E-state index contributed by atoms with van der Waals surface area (Å²) in [6.07, 6.45) is 0.812. The number of hydrogen-bond donors (Lipinski definition) is 0. The van der Waals surface area contributed by atoms with Crippen molar-refractivity contribution in [3.05, 3.63) is 35.9 Å². The monoisotopic (exact) mass is 190 g/mol. The maximum Gasteiger partial charge on any atom is 0.142 e. The molecule has 1 heterocycles. The van der Waals surface area contributed by atoms with Crippen molar-refractivity contribution in [1.82, 2.24) is 0 Å². The van der Waals surface area contributed by atoms with Crippen LogP contribution in [-0.4, -0.2) is 19.0 Å². The molecule has 74 valence electrons. The molecule has 1 aliphatic rings. The van der Waals surface area contributed by atoms with Gasteiger partial charge in [0.15, 0.2) is 0 Å². The van der Waals surface area contributed by atoms with E-state index in [0.717, 1.165) is 12.0 Å². The van der Waals surface area contributed by atoms with Crippen LogP contribution in [-0.2, 0) is 14.9 Å². The standard InChI is InChI=1S/C12H14O2/c1-10(13)12(7-8-14-9-12)11-5-3-2-4-6-11/h2-6H,7-9H2,1H3/t12-/m1/s1. The number of carbonyl (C=O) groups excluding carboxylic acids is 1. The Kier molecular flexibility index (Phi) is 2.38. The van der Waals surface area contributed by atoms with Gasteiger partial charge in [-0.3, -0.25) is 4.79 Å². The van der Waals surface area contributed by atoms with Gasteiger partial charge in [-0.1, -0.05) is 30.3 Å². The van der Waals surface area contributed by atoms with Gasteiger partial charge in [0, 0.05) is 6.61 Å². The number of carbonyl (C=O) groups is 1. The molecule has 2 heteroatoms. The molecule has 0 aromatic heterocycles. The zero-order chi connectivity index (χ0) is 10.0. The average molecular weight is 190 g/mol. The lowest BCUT2D eigenvalue weighted by Gasteiger charge is -2.24. The van der Waals surface area contributed by atoms with Gasteiger partial charge in [-0.15, -0.1) is 0 Å². The minimum Gasteiger partial charge on any atom is -0.380 e. The van der Waals surface area contributed by atoms with Crippen LogP contribution < -0.4 is 0 Å². The van der Waals surface area contributed by atoms with Crippen LogP contribution in [0.3, 0.4) is 0 Å². The van der Waals surface area contributed by atoms with Crippen molar-refractivity contribution in [1.29, 1.82) is 0 Å². The number of ether oxygens (including phenoxy) is 1. The van der Waals surface area contributed by atoms with Crippen molar-refractivity contribution in [3.63, 3.8) is 0 Å². The SMILES string of the molecule is CC(=O)[C@@]1(c2ccccc2)CCOC1. The second-order valence-corrected chi connectivity index (χ2v) is 3.81. The summed E-state index contributed by atoms with van der Waals surface area (Å²) in [4.78, 5) is 11.7. The predicted molar refractivity (Wildman–Crippen MR) is 54.2 cm³/mol. The lowest BCUT2D eigenvalue weighted by atomic mass is 9.77. The molecule has 0 saturated carbocycles. The second-order valence-electron chi connectivity index (χ2n) is 3.81. The van der Waals surface area contributed by atoms with Crippen LogP contribution in [0.25, 0.3) is 0 Å². The first-order valence-corrected chi connectivity index (χ1v) is 4.90. The van der Waals surface area contributed by atoms with E-state index in [9.17, 15) is 4.79 Å². The number of rotatable bonds is 2. The van der Waals surface area contributed by atoms with Crippen LogP contribution in [0.5, 0.6) is 0 Å². The molecular formula is C12H14O2. The molecule has 0 aliphatic carbocycles. The van der Waals surface area contributed by atoms with E-state index in [4.69, 9.17) is 4.74 Å². The van der Waals surface area contributed by atoms with Gasteiger partial charge in [0.2, 0.25) is 0 Å². The molecule has 1 fully saturated rings. The Bertz CT molecular complexity index is 323. The molecule has 1 saturated heterocycles. The van der Waals surface area contributed by atoms with E-state index in [-0.39, 0.29) is 11.2 Å². The van der Waals surface area contributed by atoms with Crippen LogP contribution in [0.4, 0.5) is 0 Å². The van der Waals surface area contributed by atoms with Gasteiger partial charge in [-0.25, -0.2) is 0 Å². The Morgan fingerprint density at radius 2 is 2.07 bits per heavy atom. The fraction of sp³-hybridized carbons (Fsp3) is 0.417. The highest BCUT2D eigenvalue weighted by molar-refractivity contribution is 5.88. The Balaban J connectivity index is 2.42. The Morgan fingerprint density at radius 1 is 1.36 bits per heavy atom. The zero-order valence-electron chi connectivity index (χ0n) is 8.32. The van der Waals surface area contributed by atoms with E-state index in [2.05, 4.69) is 0 Å². The fourth-order valence-electron chi connectivity index (χ4n) is 2.03. The summed E-state index contributed by atoms with van der Waals surface area (Å²) in [5.74, 6) is 0.209. The van der Waals surface area contributed by atoms with E-state index in [1.165, 1.54) is 0 Å². The summed E-state index contributed by atoms with van der Waals surface area (Å²) in [5, 5.41) is 0. The van der Waals surface area contributed by atoms with E-state index in [1.807, 2.05) is 30.3 Å². The number of Topliss-reactive ketones (excluding diaryl/α,β-unsaturated/α-hetero) is 1. The van der Waals surface area contributed by atoms with Gasteiger partial charge in [0.1, 0.15) is 5.78 Å². The molecule has 0 radical (unpaired) electrons. The quantitative estimate of drug-likeness (QED) is 0.712. The minimum atomic E-state index is -0.374. The highest BCUT2D eigenvalue weighted by Gasteiger charge is 2.40. The highest BCUT2D eigenvalue weighted by Crippen LogP contribution is 2.33. The Hall–Kier alpha value is -1.15. The van der Waals surface area contributed by atoms with Crippen LogP contribution in [0.1, 0.15) is 18.9 Å². The third kappa shape index (κ3) is 1.36. The molecule has 0 amide bonds. The van der Waals surface area contributed by atoms with Gasteiger partial charge in [0.05, 0.1) is 12.0 Å². The van der Waals surface area contributed by atoms with Gasteiger partial charge in [-0.05, 0) is 18.9 Å². The zero-order valence-corrected chi connectivity index (χ0v) is 8.32. The number of benzene rings is 1. The summed E-state index contributed by atoms with van der Waals surface area (Å²) in [7, 11) is 0. The van der Waals surface area contributed by atoms with Crippen LogP contribution in [0.2, 0.25) is 0 Å². The topological polar surface area (TPSA) is 26.3 Å². The lowest BCUT2D eigenvalue weighted by molar-refractivity contribution is -0.122. The Morgan fingerprint density at radius 3 is 2.57 bits per heavy atom. The van der Waals surface area contributed by atoms with Crippen LogP contribution in [0.15, 0.2) is 30.3 Å². The lowest BCUT2D eigenvalue weighted by Crippen LogP contribution is -2.34. The third-order valence-electron chi connectivity index (χ3n) is 3.02. The molecule has 1 aromatic rings. The van der Waals surface area contributed by atoms with E-state index in [1.54, 1.807) is 6.92 Å². The number of ketones is 1. The van der Waals surface area contributed by atoms with Crippen molar-refractivity contribution in [2.75, 3.05) is 13.2 Å². The van der Waals surface area contributed by atoms with Crippen molar-refractivity contribution >= 4 is 5.78 Å². The molecule has 0 N–H and O–H groups in total. The van der Waals surface area contributed by atoms with E-state index < -0.39 is 0 Å². The van der Waals surface area contributed by atoms with Gasteiger partial charge < -0.3 is 4.74 Å². The van der Waals surface area contributed by atoms with Crippen molar-refractivity contribution in [2.45, 2.75) is 18.8 Å². The third-order valence-corrected chi connectivity index (χ3v) is 3.02. The second kappa shape index (κ2) is 3.54. The first-order chi connectivity index (χ1) is 6.76. The molecular weight excluding hydrogens is 176 g/mol. The molecule has 1 aromatic carbocycles. The van der Waals surface area contributed by atoms with Crippen molar-refractivity contribution in [2.24, 2.45) is 0 Å². The molecule has 0 spiro atoms. The molecule has 1 atom stereocenters. The highest BCUT2D eigenvalue weighted by atomic mass is 16.5. The summed E-state index contributed by atoms with van der Waals surface area (Å²) in [6, 6.07) is 9.93.